The topological polar surface area (TPSA) is 12.0 Å². The zero-order valence-corrected chi connectivity index (χ0v) is 6.53. The largest absolute Gasteiger partial charge is 0.379 e. The van der Waals surface area contributed by atoms with E-state index in [1.165, 1.54) is 0 Å². The lowest BCUT2D eigenvalue weighted by atomic mass is 10.2. The van der Waals surface area contributed by atoms with Crippen LogP contribution >= 0.6 is 12.2 Å². The predicted molar refractivity (Wildman–Crippen MR) is 46.0 cm³/mol. The Bertz CT molecular complexity index is 218. The number of nitrogens with one attached hydrogen (secondary N) is 1. The van der Waals surface area contributed by atoms with Crippen LogP contribution in [0.25, 0.3) is 0 Å². The van der Waals surface area contributed by atoms with Crippen LogP contribution in [0.15, 0.2) is 24.3 Å². The Morgan fingerprint density at radius 3 is 2.90 bits per heavy atom. The van der Waals surface area contributed by atoms with Gasteiger partial charge in [0, 0.05) is 12.6 Å². The molecular weight excluding hydrogens is 142 g/mol. The second kappa shape index (κ2) is 3.32. The molecule has 1 N–H and O–H groups in total. The molecule has 10 heavy (non-hydrogen) atoms. The summed E-state index contributed by atoms with van der Waals surface area (Å²) in [6.07, 6.45) is 0. The monoisotopic (exact) mass is 150 g/mol. The summed E-state index contributed by atoms with van der Waals surface area (Å²) in [7, 11) is 1.81. The predicted octanol–water partition coefficient (Wildman–Crippen LogP) is 1.38. The molecule has 0 saturated heterocycles. The minimum Gasteiger partial charge on any atom is -0.379 e. The van der Waals surface area contributed by atoms with Gasteiger partial charge in [0.25, 0.3) is 0 Å². The van der Waals surface area contributed by atoms with Gasteiger partial charge in [-0.15, -0.1) is 0 Å². The second-order valence-electron chi connectivity index (χ2n) is 1.86. The van der Waals surface area contributed by atoms with Crippen molar-refractivity contribution in [2.24, 2.45) is 0 Å². The molecule has 1 aromatic rings. The Morgan fingerprint density at radius 1 is 1.60 bits per heavy atom. The maximum absolute atomic E-state index is 4.98. The van der Waals surface area contributed by atoms with E-state index in [1.54, 1.807) is 0 Å². The van der Waals surface area contributed by atoms with Gasteiger partial charge in [-0.05, 0) is 6.07 Å². The van der Waals surface area contributed by atoms with E-state index in [-0.39, 0.29) is 0 Å². The van der Waals surface area contributed by atoms with E-state index in [0.29, 0.717) is 0 Å². The molecule has 0 fully saturated rings. The van der Waals surface area contributed by atoms with Crippen LogP contribution in [-0.2, 0) is 0 Å². The normalized spacial score (nSPS) is 8.90. The minimum atomic E-state index is 0.737. The van der Waals surface area contributed by atoms with Crippen molar-refractivity contribution in [2.75, 3.05) is 7.05 Å². The first-order valence-corrected chi connectivity index (χ1v) is 3.44. The average Bonchev–Trinajstić information content (AvgIpc) is 2.05. The molecule has 0 unspecified atom stereocenters. The van der Waals surface area contributed by atoms with E-state index >= 15 is 0 Å². The molecule has 0 aromatic heterocycles. The van der Waals surface area contributed by atoms with Crippen molar-refractivity contribution in [3.8, 4) is 0 Å². The lowest BCUT2D eigenvalue weighted by Gasteiger charge is -1.99. The number of thiocarbonyl (C=S) groups is 1. The molecule has 0 bridgehead atoms. The molecule has 1 aromatic carbocycles. The molecule has 0 heterocycles. The number of hydrogen-bond acceptors (Lipinski definition) is 1. The van der Waals surface area contributed by atoms with Crippen LogP contribution in [0.3, 0.4) is 0 Å². The third-order valence-corrected chi connectivity index (χ3v) is 1.60. The summed E-state index contributed by atoms with van der Waals surface area (Å²) in [6.45, 7) is 0. The average molecular weight is 150 g/mol. The van der Waals surface area contributed by atoms with Crippen molar-refractivity contribution in [1.82, 2.24) is 5.32 Å². The molecule has 0 amide bonds. The van der Waals surface area contributed by atoms with Crippen LogP contribution in [0.1, 0.15) is 5.56 Å². The maximum atomic E-state index is 4.98. The van der Waals surface area contributed by atoms with Gasteiger partial charge in [0.05, 0.1) is 0 Å². The van der Waals surface area contributed by atoms with Crippen LogP contribution < -0.4 is 5.32 Å². The first-order chi connectivity index (χ1) is 4.84. The molecule has 1 nitrogen and oxygen atoms in total. The fourth-order valence-electron chi connectivity index (χ4n) is 0.669. The Balaban J connectivity index is 2.85. The fraction of sp³-hybridized carbons (Fsp3) is 0.125. The Kier molecular flexibility index (Phi) is 2.40. The summed E-state index contributed by atoms with van der Waals surface area (Å²) >= 11 is 4.98. The molecule has 1 radical (unpaired) electrons. The molecular formula is C8H8NS. The first-order valence-electron chi connectivity index (χ1n) is 3.03. The van der Waals surface area contributed by atoms with Gasteiger partial charge in [0.15, 0.2) is 0 Å². The molecule has 0 aliphatic carbocycles. The third kappa shape index (κ3) is 1.54. The number of hydrogen-bond donors (Lipinski definition) is 1. The summed E-state index contributed by atoms with van der Waals surface area (Å²) in [5, 5.41) is 2.88. The Hall–Kier alpha value is -0.890. The van der Waals surface area contributed by atoms with Crippen LogP contribution in [0.2, 0.25) is 0 Å². The van der Waals surface area contributed by atoms with E-state index in [9.17, 15) is 0 Å². The van der Waals surface area contributed by atoms with Crippen molar-refractivity contribution >= 4 is 17.2 Å². The lowest BCUT2D eigenvalue weighted by Crippen LogP contribution is -2.16. The van der Waals surface area contributed by atoms with Crippen molar-refractivity contribution in [2.45, 2.75) is 0 Å². The maximum Gasteiger partial charge on any atom is 0.106 e. The summed E-state index contributed by atoms with van der Waals surface area (Å²) in [5.41, 5.74) is 0.944. The van der Waals surface area contributed by atoms with E-state index < -0.39 is 0 Å². The highest BCUT2D eigenvalue weighted by molar-refractivity contribution is 7.80. The van der Waals surface area contributed by atoms with E-state index in [2.05, 4.69) is 11.4 Å². The minimum absolute atomic E-state index is 0.737. The standard InChI is InChI=1S/C8H8NS/c1-9-8(10)7-5-3-2-4-6-7/h2-5H,1H3,(H,9,10). The summed E-state index contributed by atoms with van der Waals surface area (Å²) in [4.78, 5) is 0.737. The highest BCUT2D eigenvalue weighted by Crippen LogP contribution is 1.96. The van der Waals surface area contributed by atoms with Crippen molar-refractivity contribution in [1.29, 1.82) is 0 Å². The molecule has 51 valence electrons. The van der Waals surface area contributed by atoms with E-state index in [4.69, 9.17) is 12.2 Å². The Morgan fingerprint density at radius 2 is 2.40 bits per heavy atom. The quantitative estimate of drug-likeness (QED) is 0.607. The third-order valence-electron chi connectivity index (χ3n) is 1.18. The van der Waals surface area contributed by atoms with Crippen LogP contribution in [0.5, 0.6) is 0 Å². The summed E-state index contributed by atoms with van der Waals surface area (Å²) in [6, 6.07) is 10.6. The van der Waals surface area contributed by atoms with E-state index in [0.717, 1.165) is 10.6 Å². The lowest BCUT2D eigenvalue weighted by molar-refractivity contribution is 1.20. The van der Waals surface area contributed by atoms with Gasteiger partial charge in [-0.25, -0.2) is 0 Å². The van der Waals surface area contributed by atoms with Crippen LogP contribution in [0, 0.1) is 6.07 Å². The zero-order chi connectivity index (χ0) is 7.40. The highest BCUT2D eigenvalue weighted by Gasteiger charge is 1.93. The van der Waals surface area contributed by atoms with Gasteiger partial charge in [0.2, 0.25) is 0 Å². The highest BCUT2D eigenvalue weighted by atomic mass is 32.1. The molecule has 0 atom stereocenters. The second-order valence-corrected chi connectivity index (χ2v) is 2.26. The molecule has 1 rings (SSSR count). The molecule has 0 aliphatic rings. The van der Waals surface area contributed by atoms with Crippen molar-refractivity contribution in [3.05, 3.63) is 35.9 Å². The Labute approximate surface area is 66.1 Å². The summed E-state index contributed by atoms with van der Waals surface area (Å²) in [5.74, 6) is 0. The number of benzene rings is 1. The zero-order valence-electron chi connectivity index (χ0n) is 5.72. The molecule has 0 spiro atoms. The molecule has 2 heteroatoms. The van der Waals surface area contributed by atoms with Gasteiger partial charge in [-0.3, -0.25) is 0 Å². The molecule has 0 aliphatic heterocycles. The SMILES string of the molecule is CNC(=S)c1[c]cccc1. The van der Waals surface area contributed by atoms with E-state index in [1.807, 2.05) is 31.3 Å². The van der Waals surface area contributed by atoms with Gasteiger partial charge < -0.3 is 5.32 Å². The van der Waals surface area contributed by atoms with Gasteiger partial charge in [-0.2, -0.15) is 0 Å². The fourth-order valence-corrected chi connectivity index (χ4v) is 0.796. The van der Waals surface area contributed by atoms with Crippen molar-refractivity contribution in [3.63, 3.8) is 0 Å². The van der Waals surface area contributed by atoms with Gasteiger partial charge in [0.1, 0.15) is 4.99 Å². The smallest absolute Gasteiger partial charge is 0.106 e. The first kappa shape index (κ1) is 7.22. The van der Waals surface area contributed by atoms with Gasteiger partial charge >= 0.3 is 0 Å². The van der Waals surface area contributed by atoms with Crippen LogP contribution in [0.4, 0.5) is 0 Å². The van der Waals surface area contributed by atoms with Crippen LogP contribution in [-0.4, -0.2) is 12.0 Å². The summed E-state index contributed by atoms with van der Waals surface area (Å²) < 4.78 is 0. The van der Waals surface area contributed by atoms with Gasteiger partial charge in [-0.1, -0.05) is 36.5 Å². The van der Waals surface area contributed by atoms with Crippen molar-refractivity contribution < 1.29 is 0 Å². The number of rotatable bonds is 1. The molecule has 0 saturated carbocycles.